The number of methoxy groups -OCH3 is 2. The second-order valence-corrected chi connectivity index (χ2v) is 4.40. The van der Waals surface area contributed by atoms with E-state index >= 15 is 0 Å². The summed E-state index contributed by atoms with van der Waals surface area (Å²) in [5, 5.41) is 0. The van der Waals surface area contributed by atoms with Gasteiger partial charge in [-0.1, -0.05) is 18.2 Å². The Morgan fingerprint density at radius 2 is 1.35 bits per heavy atom. The fraction of sp³-hybridized carbons (Fsp3) is 0.625. The molecule has 0 aromatic heterocycles. The van der Waals surface area contributed by atoms with Crippen LogP contribution in [-0.2, 0) is 31.8 Å². The van der Waals surface area contributed by atoms with Gasteiger partial charge in [0.1, 0.15) is 0 Å². The van der Waals surface area contributed by atoms with E-state index in [-0.39, 0.29) is 12.6 Å². The molecule has 4 nitrogen and oxygen atoms in total. The molecule has 1 aromatic carbocycles. The van der Waals surface area contributed by atoms with Gasteiger partial charge in [-0.3, -0.25) is 0 Å². The molecule has 1 aromatic rings. The maximum atomic E-state index is 5.49. The lowest BCUT2D eigenvalue weighted by Crippen LogP contribution is -2.19. The smallest absolute Gasteiger partial charge is 0.161 e. The first-order chi connectivity index (χ1) is 9.73. The second-order valence-electron chi connectivity index (χ2n) is 4.40. The molecule has 0 N–H and O–H groups in total. The van der Waals surface area contributed by atoms with Crippen LogP contribution >= 0.6 is 0 Å². The molecule has 0 bridgehead atoms. The van der Waals surface area contributed by atoms with Crippen molar-refractivity contribution in [3.8, 4) is 0 Å². The topological polar surface area (TPSA) is 36.9 Å². The second kappa shape index (κ2) is 9.88. The van der Waals surface area contributed by atoms with Gasteiger partial charge in [-0.05, 0) is 31.0 Å². The number of hydrogen-bond donors (Lipinski definition) is 0. The van der Waals surface area contributed by atoms with E-state index in [1.807, 2.05) is 26.0 Å². The van der Waals surface area contributed by atoms with Crippen molar-refractivity contribution in [3.63, 3.8) is 0 Å². The quantitative estimate of drug-likeness (QED) is 0.618. The van der Waals surface area contributed by atoms with Crippen molar-refractivity contribution >= 4 is 0 Å². The van der Waals surface area contributed by atoms with Crippen LogP contribution in [-0.4, -0.2) is 40.0 Å². The minimum atomic E-state index is -0.214. The lowest BCUT2D eigenvalue weighted by Gasteiger charge is -2.17. The molecule has 0 heterocycles. The van der Waals surface area contributed by atoms with Gasteiger partial charge in [-0.25, -0.2) is 0 Å². The van der Waals surface area contributed by atoms with E-state index in [1.54, 1.807) is 14.2 Å². The first-order valence-electron chi connectivity index (χ1n) is 7.01. The number of hydrogen-bond acceptors (Lipinski definition) is 4. The summed E-state index contributed by atoms with van der Waals surface area (Å²) < 4.78 is 21.6. The molecule has 2 atom stereocenters. The highest BCUT2D eigenvalue weighted by molar-refractivity contribution is 5.23. The molecule has 0 saturated carbocycles. The van der Waals surface area contributed by atoms with Crippen LogP contribution in [0.15, 0.2) is 18.2 Å². The highest BCUT2D eigenvalue weighted by atomic mass is 16.7. The van der Waals surface area contributed by atoms with Crippen molar-refractivity contribution in [1.82, 2.24) is 0 Å². The van der Waals surface area contributed by atoms with E-state index in [0.717, 1.165) is 11.1 Å². The normalized spacial score (nSPS) is 14.2. The van der Waals surface area contributed by atoms with E-state index in [0.29, 0.717) is 26.1 Å². The predicted octanol–water partition coefficient (Wildman–Crippen LogP) is 2.59. The third-order valence-corrected chi connectivity index (χ3v) is 2.94. The Morgan fingerprint density at radius 1 is 0.900 bits per heavy atom. The molecule has 1 radical (unpaired) electrons. The molecule has 2 unspecified atom stereocenters. The minimum Gasteiger partial charge on any atom is -0.356 e. The van der Waals surface area contributed by atoms with Gasteiger partial charge >= 0.3 is 0 Å². The van der Waals surface area contributed by atoms with Gasteiger partial charge in [-0.15, -0.1) is 0 Å². The van der Waals surface area contributed by atoms with Gasteiger partial charge in [0.15, 0.2) is 12.6 Å². The van der Waals surface area contributed by atoms with Gasteiger partial charge in [0, 0.05) is 40.3 Å². The van der Waals surface area contributed by atoms with Crippen molar-refractivity contribution in [2.24, 2.45) is 0 Å². The maximum absolute atomic E-state index is 5.49. The fourth-order valence-corrected chi connectivity index (χ4v) is 1.99. The lowest BCUT2D eigenvalue weighted by atomic mass is 10.1. The molecule has 0 aliphatic rings. The Kier molecular flexibility index (Phi) is 8.46. The molecule has 0 fully saturated rings. The molecular weight excluding hydrogens is 256 g/mol. The highest BCUT2D eigenvalue weighted by Gasteiger charge is 2.11. The summed E-state index contributed by atoms with van der Waals surface area (Å²) in [7, 11) is 3.31. The predicted molar refractivity (Wildman–Crippen MR) is 77.5 cm³/mol. The molecule has 0 spiro atoms. The number of rotatable bonds is 10. The zero-order valence-corrected chi connectivity index (χ0v) is 12.8. The van der Waals surface area contributed by atoms with Crippen LogP contribution in [0.5, 0.6) is 0 Å². The lowest BCUT2D eigenvalue weighted by molar-refractivity contribution is -0.119. The van der Waals surface area contributed by atoms with Crippen molar-refractivity contribution < 1.29 is 18.9 Å². The maximum Gasteiger partial charge on any atom is 0.161 e. The van der Waals surface area contributed by atoms with Gasteiger partial charge in [0.05, 0.1) is 0 Å². The van der Waals surface area contributed by atoms with Gasteiger partial charge < -0.3 is 18.9 Å². The Balaban J connectivity index is 2.64. The molecule has 4 heteroatoms. The Bertz CT molecular complexity index is 336. The minimum absolute atomic E-state index is 0.214. The molecular formula is C16H25O4. The molecule has 20 heavy (non-hydrogen) atoms. The van der Waals surface area contributed by atoms with Crippen LogP contribution in [0.2, 0.25) is 0 Å². The molecule has 0 saturated heterocycles. The Morgan fingerprint density at radius 3 is 1.70 bits per heavy atom. The van der Waals surface area contributed by atoms with Crippen LogP contribution in [0.25, 0.3) is 0 Å². The Labute approximate surface area is 122 Å². The average Bonchev–Trinajstić information content (AvgIpc) is 2.46. The average molecular weight is 281 g/mol. The van der Waals surface area contributed by atoms with E-state index in [4.69, 9.17) is 18.9 Å². The molecule has 0 aliphatic carbocycles. The molecule has 0 aliphatic heterocycles. The summed E-state index contributed by atoms with van der Waals surface area (Å²) in [5.41, 5.74) is 2.27. The van der Waals surface area contributed by atoms with Crippen LogP contribution < -0.4 is 0 Å². The number of ether oxygens (including phenoxy) is 4. The zero-order chi connectivity index (χ0) is 14.8. The van der Waals surface area contributed by atoms with Gasteiger partial charge in [0.2, 0.25) is 0 Å². The third kappa shape index (κ3) is 6.01. The van der Waals surface area contributed by atoms with Crippen LogP contribution in [0.3, 0.4) is 0 Å². The van der Waals surface area contributed by atoms with E-state index in [2.05, 4.69) is 12.1 Å². The summed E-state index contributed by atoms with van der Waals surface area (Å²) in [5.74, 6) is 0. The summed E-state index contributed by atoms with van der Waals surface area (Å²) in [4.78, 5) is 0. The first-order valence-corrected chi connectivity index (χ1v) is 7.01. The van der Waals surface area contributed by atoms with Crippen molar-refractivity contribution in [1.29, 1.82) is 0 Å². The molecule has 113 valence electrons. The summed E-state index contributed by atoms with van der Waals surface area (Å²) in [6.45, 7) is 5.19. The molecule has 0 amide bonds. The SMILES string of the molecule is CCOC(Cc1c[c]cc(CC(OC)OCC)c1)OC. The van der Waals surface area contributed by atoms with E-state index in [1.165, 1.54) is 0 Å². The standard InChI is InChI=1S/C16H25O4/c1-5-19-15(17-3)11-13-8-7-9-14(10-13)12-16(18-4)20-6-2/h8-10,15-16H,5-6,11-12H2,1-4H3. The largest absolute Gasteiger partial charge is 0.356 e. The molecule has 1 rings (SSSR count). The van der Waals surface area contributed by atoms with Gasteiger partial charge in [0.25, 0.3) is 0 Å². The van der Waals surface area contributed by atoms with E-state index in [9.17, 15) is 0 Å². The van der Waals surface area contributed by atoms with E-state index < -0.39 is 0 Å². The summed E-state index contributed by atoms with van der Waals surface area (Å²) in [6.07, 6.45) is 0.990. The highest BCUT2D eigenvalue weighted by Crippen LogP contribution is 2.12. The van der Waals surface area contributed by atoms with Gasteiger partial charge in [-0.2, -0.15) is 0 Å². The van der Waals surface area contributed by atoms with Crippen LogP contribution in [0.1, 0.15) is 25.0 Å². The van der Waals surface area contributed by atoms with Crippen molar-refractivity contribution in [2.75, 3.05) is 27.4 Å². The monoisotopic (exact) mass is 281 g/mol. The summed E-state index contributed by atoms with van der Waals surface area (Å²) in [6, 6.07) is 9.18. The number of benzene rings is 1. The third-order valence-electron chi connectivity index (χ3n) is 2.94. The Hall–Kier alpha value is -0.940. The fourth-order valence-electron chi connectivity index (χ4n) is 1.99. The van der Waals surface area contributed by atoms with Crippen LogP contribution in [0.4, 0.5) is 0 Å². The van der Waals surface area contributed by atoms with Crippen molar-refractivity contribution in [3.05, 3.63) is 35.4 Å². The van der Waals surface area contributed by atoms with Crippen LogP contribution in [0, 0.1) is 6.07 Å². The summed E-state index contributed by atoms with van der Waals surface area (Å²) >= 11 is 0. The first kappa shape index (κ1) is 17.1. The van der Waals surface area contributed by atoms with Crippen molar-refractivity contribution in [2.45, 2.75) is 39.3 Å². The zero-order valence-electron chi connectivity index (χ0n) is 12.8.